The second-order valence-electron chi connectivity index (χ2n) is 5.71. The van der Waals surface area contributed by atoms with Crippen LogP contribution in [0.5, 0.6) is 0 Å². The van der Waals surface area contributed by atoms with Crippen LogP contribution in [-0.4, -0.2) is 52.5 Å². The molecule has 1 amide bonds. The van der Waals surface area contributed by atoms with Gasteiger partial charge in [-0.05, 0) is 25.5 Å². The summed E-state index contributed by atoms with van der Waals surface area (Å²) in [5, 5.41) is 10.1. The van der Waals surface area contributed by atoms with E-state index in [-0.39, 0.29) is 12.2 Å². The quantitative estimate of drug-likeness (QED) is 0.873. The third-order valence-corrected chi connectivity index (χ3v) is 3.81. The lowest BCUT2D eigenvalue weighted by molar-refractivity contribution is 0.0437. The molecule has 1 fully saturated rings. The van der Waals surface area contributed by atoms with Crippen LogP contribution in [-0.2, 0) is 16.1 Å². The highest BCUT2D eigenvalue weighted by atomic mass is 16.5. The molecule has 0 spiro atoms. The number of hydrogen-bond acceptors (Lipinski definition) is 6. The Hall–Kier alpha value is -2.61. The first kappa shape index (κ1) is 16.3. The highest BCUT2D eigenvalue weighted by Gasteiger charge is 2.27. The van der Waals surface area contributed by atoms with Gasteiger partial charge in [-0.2, -0.15) is 5.10 Å². The van der Waals surface area contributed by atoms with Crippen LogP contribution in [0.25, 0.3) is 0 Å². The number of likely N-dealkylation sites (tertiary alicyclic amines) is 1. The Bertz CT molecular complexity index is 703. The van der Waals surface area contributed by atoms with Crippen molar-refractivity contribution in [3.05, 3.63) is 35.7 Å². The smallest absolute Gasteiger partial charge is 0.409 e. The maximum absolute atomic E-state index is 11.5. The van der Waals surface area contributed by atoms with Gasteiger partial charge in [0.05, 0.1) is 32.1 Å². The molecule has 0 saturated carbocycles. The topological polar surface area (TPSA) is 92.4 Å². The van der Waals surface area contributed by atoms with Crippen LogP contribution in [0, 0.1) is 6.92 Å². The Labute approximate surface area is 140 Å². The van der Waals surface area contributed by atoms with E-state index in [9.17, 15) is 4.79 Å². The average molecular weight is 331 g/mol. The molecule has 8 heteroatoms. The number of hydrogen-bond donors (Lipinski definition) is 2. The molecule has 3 heterocycles. The predicted octanol–water partition coefficient (Wildman–Crippen LogP) is 2.21. The van der Waals surface area contributed by atoms with Gasteiger partial charge in [0.25, 0.3) is 0 Å². The van der Waals surface area contributed by atoms with Gasteiger partial charge in [0, 0.05) is 18.3 Å². The molecule has 3 rings (SSSR count). The van der Waals surface area contributed by atoms with Crippen LogP contribution in [0.2, 0.25) is 0 Å². The SMILES string of the molecule is COC(=O)N1CC[C@H](OCc2cccc(Nc3cc(C)[nH]n3)n2)C1. The minimum atomic E-state index is -0.306. The average Bonchev–Trinajstić information content (AvgIpc) is 3.22. The van der Waals surface area contributed by atoms with Crippen LogP contribution < -0.4 is 5.32 Å². The summed E-state index contributed by atoms with van der Waals surface area (Å²) in [4.78, 5) is 17.6. The Kier molecular flexibility index (Phi) is 4.95. The van der Waals surface area contributed by atoms with Crippen molar-refractivity contribution in [2.24, 2.45) is 0 Å². The summed E-state index contributed by atoms with van der Waals surface area (Å²) < 4.78 is 10.6. The monoisotopic (exact) mass is 331 g/mol. The lowest BCUT2D eigenvalue weighted by Crippen LogP contribution is -2.29. The van der Waals surface area contributed by atoms with Gasteiger partial charge >= 0.3 is 6.09 Å². The zero-order valence-corrected chi connectivity index (χ0v) is 13.8. The fraction of sp³-hybridized carbons (Fsp3) is 0.438. The Morgan fingerprint density at radius 3 is 3.08 bits per heavy atom. The van der Waals surface area contributed by atoms with Crippen molar-refractivity contribution in [2.45, 2.75) is 26.1 Å². The number of H-pyrrole nitrogens is 1. The summed E-state index contributed by atoms with van der Waals surface area (Å²) >= 11 is 0. The molecular formula is C16H21N5O3. The molecule has 0 bridgehead atoms. The highest BCUT2D eigenvalue weighted by molar-refractivity contribution is 5.67. The molecule has 2 aromatic heterocycles. The number of amides is 1. The lowest BCUT2D eigenvalue weighted by atomic mass is 10.3. The minimum absolute atomic E-state index is 0.0107. The van der Waals surface area contributed by atoms with Crippen LogP contribution in [0.1, 0.15) is 17.8 Å². The molecule has 0 aliphatic carbocycles. The standard InChI is InChI=1S/C16H21N5O3/c1-11-8-15(20-19-11)18-14-5-3-4-12(17-14)10-24-13-6-7-21(9-13)16(22)23-2/h3-5,8,13H,6-7,9-10H2,1-2H3,(H2,17,18,19,20)/t13-/m0/s1. The van der Waals surface area contributed by atoms with E-state index in [4.69, 9.17) is 9.47 Å². The first-order valence-electron chi connectivity index (χ1n) is 7.83. The molecule has 0 aromatic carbocycles. The first-order chi connectivity index (χ1) is 11.6. The Morgan fingerprint density at radius 1 is 1.46 bits per heavy atom. The number of aryl methyl sites for hydroxylation is 1. The number of aromatic nitrogens is 3. The van der Waals surface area contributed by atoms with Crippen LogP contribution >= 0.6 is 0 Å². The zero-order valence-electron chi connectivity index (χ0n) is 13.8. The van der Waals surface area contributed by atoms with E-state index in [1.807, 2.05) is 31.2 Å². The molecule has 24 heavy (non-hydrogen) atoms. The maximum Gasteiger partial charge on any atom is 0.409 e. The summed E-state index contributed by atoms with van der Waals surface area (Å²) in [6.07, 6.45) is 0.510. The fourth-order valence-corrected chi connectivity index (χ4v) is 2.61. The van der Waals surface area contributed by atoms with E-state index >= 15 is 0 Å². The molecule has 1 saturated heterocycles. The summed E-state index contributed by atoms with van der Waals surface area (Å²) in [6, 6.07) is 7.61. The van der Waals surface area contributed by atoms with Crippen molar-refractivity contribution in [3.8, 4) is 0 Å². The number of pyridine rings is 1. The number of anilines is 2. The molecule has 2 N–H and O–H groups in total. The van der Waals surface area contributed by atoms with Crippen LogP contribution in [0.15, 0.2) is 24.3 Å². The van der Waals surface area contributed by atoms with E-state index in [1.54, 1.807) is 4.90 Å². The van der Waals surface area contributed by atoms with Crippen LogP contribution in [0.3, 0.4) is 0 Å². The second-order valence-corrected chi connectivity index (χ2v) is 5.71. The molecule has 1 aliphatic rings. The van der Waals surface area contributed by atoms with Crippen molar-refractivity contribution in [2.75, 3.05) is 25.5 Å². The number of carbonyl (C=O) groups is 1. The number of nitrogens with one attached hydrogen (secondary N) is 2. The van der Waals surface area contributed by atoms with Gasteiger partial charge in [-0.1, -0.05) is 6.07 Å². The predicted molar refractivity (Wildman–Crippen MR) is 88.0 cm³/mol. The first-order valence-corrected chi connectivity index (χ1v) is 7.83. The molecule has 8 nitrogen and oxygen atoms in total. The van der Waals surface area contributed by atoms with E-state index in [0.29, 0.717) is 25.5 Å². The third kappa shape index (κ3) is 4.02. The van der Waals surface area contributed by atoms with Crippen LogP contribution in [0.4, 0.5) is 16.4 Å². The van der Waals surface area contributed by atoms with Crippen molar-refractivity contribution >= 4 is 17.7 Å². The molecule has 1 aliphatic heterocycles. The van der Waals surface area contributed by atoms with Gasteiger partial charge in [-0.25, -0.2) is 9.78 Å². The van der Waals surface area contributed by atoms with Gasteiger partial charge < -0.3 is 19.7 Å². The van der Waals surface area contributed by atoms with E-state index in [1.165, 1.54) is 7.11 Å². The summed E-state index contributed by atoms with van der Waals surface area (Å²) in [5.41, 5.74) is 1.80. The summed E-state index contributed by atoms with van der Waals surface area (Å²) in [7, 11) is 1.39. The normalized spacial score (nSPS) is 17.1. The second kappa shape index (κ2) is 7.31. The number of methoxy groups -OCH3 is 1. The van der Waals surface area contributed by atoms with Gasteiger partial charge in [0.1, 0.15) is 5.82 Å². The van der Waals surface area contributed by atoms with E-state index in [2.05, 4.69) is 20.5 Å². The Morgan fingerprint density at radius 2 is 2.33 bits per heavy atom. The number of ether oxygens (including phenoxy) is 2. The minimum Gasteiger partial charge on any atom is -0.453 e. The number of rotatable bonds is 5. The van der Waals surface area contributed by atoms with E-state index < -0.39 is 0 Å². The molecule has 0 unspecified atom stereocenters. The van der Waals surface area contributed by atoms with Gasteiger partial charge in [0.2, 0.25) is 0 Å². The van der Waals surface area contributed by atoms with Gasteiger partial charge in [-0.3, -0.25) is 5.10 Å². The molecule has 0 radical (unpaired) electrons. The van der Waals surface area contributed by atoms with E-state index in [0.717, 1.165) is 23.6 Å². The molecule has 2 aromatic rings. The summed E-state index contributed by atoms with van der Waals surface area (Å²) in [6.45, 7) is 3.55. The molecular weight excluding hydrogens is 310 g/mol. The van der Waals surface area contributed by atoms with Gasteiger partial charge in [-0.15, -0.1) is 0 Å². The zero-order chi connectivity index (χ0) is 16.9. The van der Waals surface area contributed by atoms with Crippen molar-refractivity contribution in [3.63, 3.8) is 0 Å². The highest BCUT2D eigenvalue weighted by Crippen LogP contribution is 2.17. The number of aromatic amines is 1. The molecule has 1 atom stereocenters. The lowest BCUT2D eigenvalue weighted by Gasteiger charge is -2.15. The van der Waals surface area contributed by atoms with Crippen molar-refractivity contribution in [1.82, 2.24) is 20.1 Å². The van der Waals surface area contributed by atoms with Gasteiger partial charge in [0.15, 0.2) is 5.82 Å². The van der Waals surface area contributed by atoms with Crippen molar-refractivity contribution in [1.29, 1.82) is 0 Å². The summed E-state index contributed by atoms with van der Waals surface area (Å²) in [5.74, 6) is 1.44. The largest absolute Gasteiger partial charge is 0.453 e. The fourth-order valence-electron chi connectivity index (χ4n) is 2.61. The number of nitrogens with zero attached hydrogens (tertiary/aromatic N) is 3. The third-order valence-electron chi connectivity index (χ3n) is 3.81. The number of carbonyl (C=O) groups excluding carboxylic acids is 1. The molecule has 128 valence electrons. The maximum atomic E-state index is 11.5. The van der Waals surface area contributed by atoms with Crippen molar-refractivity contribution < 1.29 is 14.3 Å². The Balaban J connectivity index is 1.53.